The van der Waals surface area contributed by atoms with Gasteiger partial charge in [0.15, 0.2) is 0 Å². The molecule has 200 valence electrons. The van der Waals surface area contributed by atoms with E-state index < -0.39 is 41.2 Å². The number of halogens is 5. The summed E-state index contributed by atoms with van der Waals surface area (Å²) in [6.45, 7) is 2.06. The molecule has 0 radical (unpaired) electrons. The number of benzene rings is 1. The van der Waals surface area contributed by atoms with Gasteiger partial charge in [0.2, 0.25) is 11.8 Å². The van der Waals surface area contributed by atoms with Crippen molar-refractivity contribution in [3.63, 3.8) is 0 Å². The molecule has 4 rings (SSSR count). The van der Waals surface area contributed by atoms with Crippen LogP contribution in [-0.4, -0.2) is 49.7 Å². The molecule has 1 fully saturated rings. The highest BCUT2D eigenvalue weighted by molar-refractivity contribution is 5.99. The Morgan fingerprint density at radius 3 is 2.47 bits per heavy atom. The highest BCUT2D eigenvalue weighted by Gasteiger charge is 2.35. The fraction of sp³-hybridized carbons (Fsp3) is 0.304. The SMILES string of the molecule is CC(=NOc1ccnc(C(F)(F)F)n1)c1cnc(N)nc1C1CCN(C(=O)Nc2c(F)cccc2F)CC1. The van der Waals surface area contributed by atoms with E-state index in [0.29, 0.717) is 24.1 Å². The summed E-state index contributed by atoms with van der Waals surface area (Å²) in [6, 6.07) is 3.75. The lowest BCUT2D eigenvalue weighted by molar-refractivity contribution is -0.145. The number of anilines is 2. The van der Waals surface area contributed by atoms with Gasteiger partial charge < -0.3 is 20.8 Å². The van der Waals surface area contributed by atoms with Crippen molar-refractivity contribution in [2.45, 2.75) is 31.9 Å². The van der Waals surface area contributed by atoms with Crippen LogP contribution in [0, 0.1) is 11.6 Å². The number of hydrogen-bond acceptors (Lipinski definition) is 8. The van der Waals surface area contributed by atoms with Crippen LogP contribution in [-0.2, 0) is 6.18 Å². The van der Waals surface area contributed by atoms with Crippen molar-refractivity contribution in [2.24, 2.45) is 5.16 Å². The fourth-order valence-corrected chi connectivity index (χ4v) is 3.85. The average molecular weight is 536 g/mol. The molecule has 3 N–H and O–H groups in total. The summed E-state index contributed by atoms with van der Waals surface area (Å²) in [7, 11) is 0. The molecule has 1 aliphatic rings. The number of para-hydroxylation sites is 1. The van der Waals surface area contributed by atoms with Crippen molar-refractivity contribution in [3.8, 4) is 5.88 Å². The van der Waals surface area contributed by atoms with Crippen LogP contribution in [0.5, 0.6) is 5.88 Å². The predicted molar refractivity (Wildman–Crippen MR) is 125 cm³/mol. The van der Waals surface area contributed by atoms with E-state index in [1.54, 1.807) is 6.92 Å². The van der Waals surface area contributed by atoms with Gasteiger partial charge in [-0.3, -0.25) is 0 Å². The van der Waals surface area contributed by atoms with Crippen molar-refractivity contribution in [1.29, 1.82) is 0 Å². The number of rotatable bonds is 5. The van der Waals surface area contributed by atoms with Crippen LogP contribution in [0.4, 0.5) is 38.4 Å². The van der Waals surface area contributed by atoms with Crippen LogP contribution in [0.3, 0.4) is 0 Å². The van der Waals surface area contributed by atoms with E-state index in [1.807, 2.05) is 0 Å². The van der Waals surface area contributed by atoms with Crippen LogP contribution in [0.1, 0.15) is 42.8 Å². The molecule has 0 atom stereocenters. The standard InChI is InChI=1S/C23H21F5N8O2/c1-12(35-38-17-5-8-30-20(32-17)23(26,27)28)14-11-31-21(29)33-18(14)13-6-9-36(10-7-13)22(37)34-19-15(24)3-2-4-16(19)25/h2-5,8,11,13H,6-7,9-10H2,1H3,(H,34,37)(H2,29,31,33). The quantitative estimate of drug-likeness (QED) is 0.281. The number of likely N-dealkylation sites (tertiary alicyclic amines) is 1. The maximum absolute atomic E-state index is 13.9. The molecule has 15 heteroatoms. The number of nitrogens with one attached hydrogen (secondary N) is 1. The third-order valence-electron chi connectivity index (χ3n) is 5.75. The van der Waals surface area contributed by atoms with Crippen molar-refractivity contribution in [3.05, 3.63) is 65.4 Å². The minimum atomic E-state index is -4.74. The zero-order chi connectivity index (χ0) is 27.4. The van der Waals surface area contributed by atoms with Gasteiger partial charge in [-0.25, -0.2) is 28.5 Å². The topological polar surface area (TPSA) is 132 Å². The Labute approximate surface area is 212 Å². The molecule has 0 bridgehead atoms. The summed E-state index contributed by atoms with van der Waals surface area (Å²) < 4.78 is 66.3. The summed E-state index contributed by atoms with van der Waals surface area (Å²) in [5, 5.41) is 6.13. The van der Waals surface area contributed by atoms with E-state index in [4.69, 9.17) is 10.6 Å². The number of hydrogen-bond donors (Lipinski definition) is 2. The monoisotopic (exact) mass is 536 g/mol. The Morgan fingerprint density at radius 2 is 1.82 bits per heavy atom. The molecule has 2 amide bonds. The summed E-state index contributed by atoms with van der Waals surface area (Å²) in [5.41, 5.74) is 6.47. The van der Waals surface area contributed by atoms with Gasteiger partial charge in [-0.15, -0.1) is 0 Å². The van der Waals surface area contributed by atoms with E-state index in [9.17, 15) is 26.7 Å². The first-order valence-corrected chi connectivity index (χ1v) is 11.3. The molecule has 2 aromatic heterocycles. The van der Waals surface area contributed by atoms with Crippen LogP contribution in [0.25, 0.3) is 0 Å². The van der Waals surface area contributed by atoms with Crippen LogP contribution in [0.15, 0.2) is 41.8 Å². The molecule has 0 saturated carbocycles. The average Bonchev–Trinajstić information content (AvgIpc) is 2.89. The molecule has 0 unspecified atom stereocenters. The van der Waals surface area contributed by atoms with E-state index in [0.717, 1.165) is 24.4 Å². The first-order valence-electron chi connectivity index (χ1n) is 11.3. The van der Waals surface area contributed by atoms with E-state index in [1.165, 1.54) is 17.2 Å². The van der Waals surface area contributed by atoms with E-state index >= 15 is 0 Å². The molecule has 0 aliphatic carbocycles. The minimum Gasteiger partial charge on any atom is -0.368 e. The smallest absolute Gasteiger partial charge is 0.368 e. The van der Waals surface area contributed by atoms with Crippen molar-refractivity contribution < 1.29 is 31.6 Å². The molecule has 3 aromatic rings. The number of aromatic nitrogens is 4. The third-order valence-corrected chi connectivity index (χ3v) is 5.75. The molecule has 3 heterocycles. The molecule has 1 aliphatic heterocycles. The second-order valence-electron chi connectivity index (χ2n) is 8.30. The van der Waals surface area contributed by atoms with Gasteiger partial charge in [0, 0.05) is 43.0 Å². The van der Waals surface area contributed by atoms with Crippen molar-refractivity contribution in [1.82, 2.24) is 24.8 Å². The van der Waals surface area contributed by atoms with Gasteiger partial charge in [0.1, 0.15) is 17.3 Å². The van der Waals surface area contributed by atoms with Gasteiger partial charge in [-0.2, -0.15) is 18.2 Å². The van der Waals surface area contributed by atoms with Crippen LogP contribution in [0.2, 0.25) is 0 Å². The summed E-state index contributed by atoms with van der Waals surface area (Å²) in [5.74, 6) is -3.74. The Bertz CT molecular complexity index is 1340. The van der Waals surface area contributed by atoms with E-state index in [-0.39, 0.29) is 30.7 Å². The first kappa shape index (κ1) is 26.6. The largest absolute Gasteiger partial charge is 0.451 e. The fourth-order valence-electron chi connectivity index (χ4n) is 3.85. The first-order chi connectivity index (χ1) is 18.0. The third kappa shape index (κ3) is 6.10. The molecule has 10 nitrogen and oxygen atoms in total. The number of oxime groups is 1. The maximum atomic E-state index is 13.9. The number of piperidine rings is 1. The lowest BCUT2D eigenvalue weighted by Gasteiger charge is -2.32. The molecule has 0 spiro atoms. The number of amides is 2. The molecular formula is C23H21F5N8O2. The highest BCUT2D eigenvalue weighted by atomic mass is 19.4. The lowest BCUT2D eigenvalue weighted by atomic mass is 9.90. The van der Waals surface area contributed by atoms with Gasteiger partial charge in [0.05, 0.1) is 11.4 Å². The minimum absolute atomic E-state index is 0.00158. The van der Waals surface area contributed by atoms with Gasteiger partial charge in [-0.1, -0.05) is 11.2 Å². The van der Waals surface area contributed by atoms with Gasteiger partial charge in [0.25, 0.3) is 5.88 Å². The van der Waals surface area contributed by atoms with Crippen LogP contribution < -0.4 is 15.9 Å². The predicted octanol–water partition coefficient (Wildman–Crippen LogP) is 4.36. The Morgan fingerprint density at radius 1 is 1.13 bits per heavy atom. The summed E-state index contributed by atoms with van der Waals surface area (Å²) in [6.07, 6.45) is -1.55. The second kappa shape index (κ2) is 10.9. The number of nitrogens with two attached hydrogens (primary N) is 1. The number of nitrogens with zero attached hydrogens (tertiary/aromatic N) is 6. The Balaban J connectivity index is 1.46. The number of carbonyl (C=O) groups is 1. The maximum Gasteiger partial charge on any atom is 0.451 e. The second-order valence-corrected chi connectivity index (χ2v) is 8.30. The Hall–Kier alpha value is -4.43. The zero-order valence-electron chi connectivity index (χ0n) is 19.8. The number of alkyl halides is 3. The molecule has 1 saturated heterocycles. The van der Waals surface area contributed by atoms with Gasteiger partial charge >= 0.3 is 12.2 Å². The molecule has 1 aromatic carbocycles. The van der Waals surface area contributed by atoms with Crippen molar-refractivity contribution >= 4 is 23.4 Å². The number of carbonyl (C=O) groups excluding carboxylic acids is 1. The number of nitrogen functional groups attached to an aromatic ring is 1. The lowest BCUT2D eigenvalue weighted by Crippen LogP contribution is -2.41. The summed E-state index contributed by atoms with van der Waals surface area (Å²) >= 11 is 0. The zero-order valence-corrected chi connectivity index (χ0v) is 19.8. The number of urea groups is 1. The molecular weight excluding hydrogens is 515 g/mol. The highest BCUT2D eigenvalue weighted by Crippen LogP contribution is 2.31. The molecule has 38 heavy (non-hydrogen) atoms. The van der Waals surface area contributed by atoms with Crippen LogP contribution >= 0.6 is 0 Å². The van der Waals surface area contributed by atoms with Gasteiger partial charge in [-0.05, 0) is 31.9 Å². The summed E-state index contributed by atoms with van der Waals surface area (Å²) in [4.78, 5) is 33.8. The van der Waals surface area contributed by atoms with Crippen molar-refractivity contribution in [2.75, 3.05) is 24.1 Å². The Kier molecular flexibility index (Phi) is 7.64. The normalized spacial score (nSPS) is 14.9. The van der Waals surface area contributed by atoms with E-state index in [2.05, 4.69) is 30.4 Å².